The van der Waals surface area contributed by atoms with Crippen LogP contribution in [-0.2, 0) is 22.6 Å². The number of nitrogens with zero attached hydrogens (tertiary/aromatic N) is 1. The minimum atomic E-state index is -0.782. The Hall–Kier alpha value is -3.54. The summed E-state index contributed by atoms with van der Waals surface area (Å²) < 4.78 is 10.8. The fourth-order valence-electron chi connectivity index (χ4n) is 3.45. The molecule has 1 aliphatic rings. The van der Waals surface area contributed by atoms with Crippen LogP contribution in [0, 0.1) is 0 Å². The van der Waals surface area contributed by atoms with Crippen LogP contribution in [0.5, 0.6) is 0 Å². The molecule has 6 nitrogen and oxygen atoms in total. The summed E-state index contributed by atoms with van der Waals surface area (Å²) in [6.07, 6.45) is 3.69. The van der Waals surface area contributed by atoms with E-state index >= 15 is 0 Å². The van der Waals surface area contributed by atoms with Gasteiger partial charge in [-0.25, -0.2) is 0 Å². The van der Waals surface area contributed by atoms with Crippen LogP contribution in [0.4, 0.5) is 0 Å². The van der Waals surface area contributed by atoms with Crippen LogP contribution in [0.3, 0.4) is 0 Å². The van der Waals surface area contributed by atoms with Crippen LogP contribution >= 0.6 is 0 Å². The molecule has 0 radical (unpaired) electrons. The minimum Gasteiger partial charge on any atom is -0.503 e. The van der Waals surface area contributed by atoms with Gasteiger partial charge in [-0.3, -0.25) is 9.59 Å². The highest BCUT2D eigenvalue weighted by Gasteiger charge is 2.44. The Morgan fingerprint density at radius 2 is 1.75 bits per heavy atom. The van der Waals surface area contributed by atoms with E-state index in [2.05, 4.69) is 0 Å². The first-order valence-corrected chi connectivity index (χ1v) is 9.02. The van der Waals surface area contributed by atoms with Crippen LogP contribution in [-0.4, -0.2) is 21.7 Å². The Kier molecular flexibility index (Phi) is 4.85. The van der Waals surface area contributed by atoms with Crippen molar-refractivity contribution in [1.29, 1.82) is 0 Å². The summed E-state index contributed by atoms with van der Waals surface area (Å²) in [7, 11) is 0. The molecule has 4 rings (SSSR count). The Morgan fingerprint density at radius 3 is 2.43 bits per heavy atom. The number of aryl methyl sites for hydroxylation is 1. The topological polar surface area (TPSA) is 83.9 Å². The third kappa shape index (κ3) is 3.36. The largest absolute Gasteiger partial charge is 0.503 e. The van der Waals surface area contributed by atoms with E-state index < -0.39 is 17.7 Å². The van der Waals surface area contributed by atoms with Crippen molar-refractivity contribution in [1.82, 2.24) is 4.90 Å². The molecule has 28 heavy (non-hydrogen) atoms. The zero-order valence-corrected chi connectivity index (χ0v) is 15.1. The van der Waals surface area contributed by atoms with E-state index in [9.17, 15) is 14.7 Å². The maximum absolute atomic E-state index is 13.0. The summed E-state index contributed by atoms with van der Waals surface area (Å²) in [4.78, 5) is 27.1. The van der Waals surface area contributed by atoms with E-state index in [1.54, 1.807) is 24.3 Å². The monoisotopic (exact) mass is 377 g/mol. The molecule has 1 aliphatic heterocycles. The number of Topliss-reactive ketones (excluding diaryl/α,β-unsaturated/α-hetero) is 1. The quantitative estimate of drug-likeness (QED) is 0.673. The van der Waals surface area contributed by atoms with E-state index in [0.29, 0.717) is 17.9 Å². The van der Waals surface area contributed by atoms with E-state index in [-0.39, 0.29) is 24.3 Å². The molecule has 1 atom stereocenters. The first-order chi connectivity index (χ1) is 13.6. The van der Waals surface area contributed by atoms with Gasteiger partial charge in [-0.2, -0.15) is 0 Å². The van der Waals surface area contributed by atoms with Crippen LogP contribution in [0.25, 0.3) is 0 Å². The molecule has 1 N–H and O–H groups in total. The average molecular weight is 377 g/mol. The van der Waals surface area contributed by atoms with E-state index in [1.165, 1.54) is 17.4 Å². The number of carbonyl (C=O) groups excluding carboxylic acids is 2. The number of amides is 1. The minimum absolute atomic E-state index is 0.0717. The van der Waals surface area contributed by atoms with E-state index in [1.807, 2.05) is 30.3 Å². The maximum Gasteiger partial charge on any atom is 0.290 e. The molecule has 0 bridgehead atoms. The molecule has 1 amide bonds. The van der Waals surface area contributed by atoms with Crippen LogP contribution in [0.2, 0.25) is 0 Å². The zero-order chi connectivity index (χ0) is 19.5. The highest BCUT2D eigenvalue weighted by Crippen LogP contribution is 2.39. The molecule has 1 aromatic carbocycles. The molecule has 1 unspecified atom stereocenters. The van der Waals surface area contributed by atoms with Crippen molar-refractivity contribution in [2.24, 2.45) is 0 Å². The maximum atomic E-state index is 13.0. The number of hydrogen-bond acceptors (Lipinski definition) is 5. The van der Waals surface area contributed by atoms with Gasteiger partial charge in [0.05, 0.1) is 24.6 Å². The number of ketones is 1. The summed E-state index contributed by atoms with van der Waals surface area (Å²) in [6.45, 7) is 0.122. The first kappa shape index (κ1) is 17.9. The van der Waals surface area contributed by atoms with Gasteiger partial charge in [0.2, 0.25) is 0 Å². The predicted octanol–water partition coefficient (Wildman–Crippen LogP) is 3.97. The molecule has 0 spiro atoms. The summed E-state index contributed by atoms with van der Waals surface area (Å²) in [5.41, 5.74) is 1.09. The average Bonchev–Trinajstić information content (AvgIpc) is 3.46. The van der Waals surface area contributed by atoms with Gasteiger partial charge in [0, 0.05) is 6.42 Å². The second-order valence-corrected chi connectivity index (χ2v) is 6.60. The summed E-state index contributed by atoms with van der Waals surface area (Å²) in [5, 5.41) is 10.5. The predicted molar refractivity (Wildman–Crippen MR) is 100 cm³/mol. The Balaban J connectivity index is 1.61. The van der Waals surface area contributed by atoms with Crippen LogP contribution < -0.4 is 0 Å². The molecule has 0 fully saturated rings. The number of aliphatic hydroxyl groups is 1. The SMILES string of the molecule is O=C(CCc1ccccc1)C1=C(O)C(=O)N(Cc2ccco2)C1c1ccco1. The van der Waals surface area contributed by atoms with Gasteiger partial charge in [0.25, 0.3) is 5.91 Å². The molecule has 2 aromatic heterocycles. The number of benzene rings is 1. The number of rotatable bonds is 7. The van der Waals surface area contributed by atoms with Crippen molar-refractivity contribution in [2.45, 2.75) is 25.4 Å². The second kappa shape index (κ2) is 7.60. The smallest absolute Gasteiger partial charge is 0.290 e. The van der Waals surface area contributed by atoms with Gasteiger partial charge in [-0.15, -0.1) is 0 Å². The highest BCUT2D eigenvalue weighted by atomic mass is 16.3. The van der Waals surface area contributed by atoms with Crippen molar-refractivity contribution in [3.63, 3.8) is 0 Å². The van der Waals surface area contributed by atoms with E-state index in [0.717, 1.165) is 5.56 Å². The molecule has 6 heteroatoms. The van der Waals surface area contributed by atoms with E-state index in [4.69, 9.17) is 8.83 Å². The fraction of sp³-hybridized carbons (Fsp3) is 0.182. The summed E-state index contributed by atoms with van der Waals surface area (Å²) in [5.74, 6) is -0.437. The molecule has 3 heterocycles. The first-order valence-electron chi connectivity index (χ1n) is 9.02. The van der Waals surface area contributed by atoms with Gasteiger partial charge in [-0.05, 0) is 36.2 Å². The van der Waals surface area contributed by atoms with Crippen LogP contribution in [0.15, 0.2) is 87.3 Å². The van der Waals surface area contributed by atoms with Gasteiger partial charge in [0.1, 0.15) is 17.6 Å². The van der Waals surface area contributed by atoms with Gasteiger partial charge in [-0.1, -0.05) is 30.3 Å². The van der Waals surface area contributed by atoms with Crippen molar-refractivity contribution in [3.8, 4) is 0 Å². The Labute approximate surface area is 161 Å². The standard InChI is InChI=1S/C22H19NO5/c24-17(11-10-15-6-2-1-3-7-15)19-20(18-9-5-13-28-18)23(22(26)21(19)25)14-16-8-4-12-27-16/h1-9,12-13,20,25H,10-11,14H2. The van der Waals surface area contributed by atoms with Crippen molar-refractivity contribution < 1.29 is 23.5 Å². The van der Waals surface area contributed by atoms with Gasteiger partial charge in [0.15, 0.2) is 11.5 Å². The summed E-state index contributed by atoms with van der Waals surface area (Å²) in [6, 6.07) is 15.7. The normalized spacial score (nSPS) is 16.8. The number of furan rings is 2. The molecule has 142 valence electrons. The third-order valence-corrected chi connectivity index (χ3v) is 4.81. The molecular weight excluding hydrogens is 358 g/mol. The number of carbonyl (C=O) groups is 2. The van der Waals surface area contributed by atoms with Gasteiger partial charge < -0.3 is 18.8 Å². The lowest BCUT2D eigenvalue weighted by Crippen LogP contribution is -2.30. The third-order valence-electron chi connectivity index (χ3n) is 4.81. The summed E-state index contributed by atoms with van der Waals surface area (Å²) >= 11 is 0. The van der Waals surface area contributed by atoms with Crippen molar-refractivity contribution in [2.75, 3.05) is 0 Å². The lowest BCUT2D eigenvalue weighted by Gasteiger charge is -2.23. The molecule has 3 aromatic rings. The number of aliphatic hydroxyl groups excluding tert-OH is 1. The van der Waals surface area contributed by atoms with Crippen molar-refractivity contribution in [3.05, 3.63) is 95.5 Å². The molecular formula is C22H19NO5. The molecule has 0 saturated carbocycles. The molecule has 0 aliphatic carbocycles. The molecule has 0 saturated heterocycles. The van der Waals surface area contributed by atoms with Crippen molar-refractivity contribution >= 4 is 11.7 Å². The Morgan fingerprint density at radius 1 is 1.00 bits per heavy atom. The van der Waals surface area contributed by atoms with Gasteiger partial charge >= 0.3 is 0 Å². The highest BCUT2D eigenvalue weighted by molar-refractivity contribution is 6.08. The zero-order valence-electron chi connectivity index (χ0n) is 15.1. The number of hydrogen-bond donors (Lipinski definition) is 1. The second-order valence-electron chi connectivity index (χ2n) is 6.60. The fourth-order valence-corrected chi connectivity index (χ4v) is 3.45. The lowest BCUT2D eigenvalue weighted by atomic mass is 9.96. The Bertz CT molecular complexity index is 987. The van der Waals surface area contributed by atoms with Crippen LogP contribution in [0.1, 0.15) is 29.5 Å². The lowest BCUT2D eigenvalue weighted by molar-refractivity contribution is -0.130.